The van der Waals surface area contributed by atoms with Gasteiger partial charge in [0.1, 0.15) is 0 Å². The molecule has 1 aromatic heterocycles. The summed E-state index contributed by atoms with van der Waals surface area (Å²) in [5.41, 5.74) is 5.42. The quantitative estimate of drug-likeness (QED) is 0.735. The van der Waals surface area contributed by atoms with Crippen LogP contribution in [0.3, 0.4) is 0 Å². The zero-order valence-corrected chi connectivity index (χ0v) is 12.3. The molecule has 0 spiro atoms. The van der Waals surface area contributed by atoms with E-state index in [-0.39, 0.29) is 10.9 Å². The van der Waals surface area contributed by atoms with Crippen molar-refractivity contribution in [1.29, 1.82) is 0 Å². The molecule has 0 aliphatic rings. The van der Waals surface area contributed by atoms with Gasteiger partial charge in [0.05, 0.1) is 35.4 Å². The number of carbonyl (C=O) groups is 1. The lowest BCUT2D eigenvalue weighted by Crippen LogP contribution is -2.43. The van der Waals surface area contributed by atoms with Gasteiger partial charge in [-0.15, -0.1) is 0 Å². The minimum atomic E-state index is -0.843. The number of hydrogen-bond acceptors (Lipinski definition) is 4. The molecule has 0 saturated heterocycles. The monoisotopic (exact) mass is 284 g/mol. The Morgan fingerprint density at radius 3 is 2.89 bits per heavy atom. The lowest BCUT2D eigenvalue weighted by Gasteiger charge is -2.24. The van der Waals surface area contributed by atoms with E-state index in [9.17, 15) is 4.79 Å². The molecule has 0 aliphatic carbocycles. The first kappa shape index (κ1) is 15.6. The summed E-state index contributed by atoms with van der Waals surface area (Å²) in [5.74, 6) is -0.214. The third-order valence-electron chi connectivity index (χ3n) is 3.17. The van der Waals surface area contributed by atoms with Gasteiger partial charge < -0.3 is 15.8 Å². The molecular formula is C12H20N4O2S. The highest BCUT2D eigenvalue weighted by molar-refractivity contribution is 7.80. The van der Waals surface area contributed by atoms with E-state index >= 15 is 0 Å². The maximum Gasteiger partial charge on any atom is 0.237 e. The number of ether oxygens (including phenoxy) is 1. The van der Waals surface area contributed by atoms with Gasteiger partial charge in [0, 0.05) is 13.3 Å². The first-order valence-electron chi connectivity index (χ1n) is 6.06. The van der Waals surface area contributed by atoms with E-state index in [4.69, 9.17) is 22.7 Å². The van der Waals surface area contributed by atoms with Crippen molar-refractivity contribution >= 4 is 28.8 Å². The second kappa shape index (κ2) is 6.63. The second-order valence-electron chi connectivity index (χ2n) is 4.49. The van der Waals surface area contributed by atoms with Gasteiger partial charge in [-0.3, -0.25) is 9.48 Å². The Morgan fingerprint density at radius 2 is 2.37 bits per heavy atom. The molecule has 0 fully saturated rings. The predicted octanol–water partition coefficient (Wildman–Crippen LogP) is 1.17. The molecule has 1 rings (SSSR count). The molecule has 106 valence electrons. The number of methoxy groups -OCH3 is 1. The number of amides is 1. The minimum Gasteiger partial charge on any atom is -0.392 e. The predicted molar refractivity (Wildman–Crippen MR) is 77.9 cm³/mol. The van der Waals surface area contributed by atoms with E-state index in [0.29, 0.717) is 25.3 Å². The molecule has 1 aromatic rings. The van der Waals surface area contributed by atoms with Crippen LogP contribution in [0.4, 0.5) is 5.69 Å². The van der Waals surface area contributed by atoms with Crippen molar-refractivity contribution in [3.8, 4) is 0 Å². The fraction of sp³-hybridized carbons (Fsp3) is 0.583. The third kappa shape index (κ3) is 3.74. The smallest absolute Gasteiger partial charge is 0.237 e. The van der Waals surface area contributed by atoms with Crippen LogP contribution in [0.15, 0.2) is 12.4 Å². The molecule has 0 saturated carbocycles. The molecule has 7 heteroatoms. The van der Waals surface area contributed by atoms with E-state index < -0.39 is 5.41 Å². The van der Waals surface area contributed by atoms with Crippen molar-refractivity contribution in [1.82, 2.24) is 9.78 Å². The number of thiocarbonyl (C=S) groups is 1. The first-order valence-corrected chi connectivity index (χ1v) is 6.47. The standard InChI is InChI=1S/C12H20N4O2S/c1-4-12(2,10(13)19)11(17)15-9-7-14-16(8-9)5-6-18-3/h7-8H,4-6H2,1-3H3,(H2,13,19)(H,15,17). The maximum absolute atomic E-state index is 12.2. The summed E-state index contributed by atoms with van der Waals surface area (Å²) in [6.07, 6.45) is 3.88. The normalized spacial score (nSPS) is 13.8. The first-order chi connectivity index (χ1) is 8.93. The van der Waals surface area contributed by atoms with Crippen LogP contribution in [0.25, 0.3) is 0 Å². The number of hydrogen-bond donors (Lipinski definition) is 2. The summed E-state index contributed by atoms with van der Waals surface area (Å²) in [5, 5.41) is 6.90. The van der Waals surface area contributed by atoms with Crippen LogP contribution >= 0.6 is 12.2 Å². The average Bonchev–Trinajstić information content (AvgIpc) is 2.82. The van der Waals surface area contributed by atoms with Gasteiger partial charge in [0.15, 0.2) is 0 Å². The molecule has 3 N–H and O–H groups in total. The van der Waals surface area contributed by atoms with Crippen molar-refractivity contribution in [3.63, 3.8) is 0 Å². The fourth-order valence-corrected chi connectivity index (χ4v) is 1.69. The Bertz CT molecular complexity index is 460. The molecule has 1 amide bonds. The van der Waals surface area contributed by atoms with E-state index in [0.717, 1.165) is 0 Å². The van der Waals surface area contributed by atoms with Gasteiger partial charge in [-0.2, -0.15) is 5.10 Å². The Kier molecular flexibility index (Phi) is 5.44. The van der Waals surface area contributed by atoms with Crippen LogP contribution in [0.1, 0.15) is 20.3 Å². The minimum absolute atomic E-state index is 0.194. The molecule has 1 unspecified atom stereocenters. The summed E-state index contributed by atoms with van der Waals surface area (Å²) < 4.78 is 6.65. The van der Waals surface area contributed by atoms with Gasteiger partial charge in [-0.05, 0) is 13.3 Å². The highest BCUT2D eigenvalue weighted by atomic mass is 32.1. The molecule has 0 aromatic carbocycles. The molecule has 1 heterocycles. The highest BCUT2D eigenvalue weighted by Gasteiger charge is 2.34. The summed E-state index contributed by atoms with van der Waals surface area (Å²) in [6.45, 7) is 4.81. The SMILES string of the molecule is CCC(C)(C(=O)Nc1cnn(CCOC)c1)C(N)=S. The number of anilines is 1. The van der Waals surface area contributed by atoms with Gasteiger partial charge >= 0.3 is 0 Å². The van der Waals surface area contributed by atoms with Crippen molar-refractivity contribution in [3.05, 3.63) is 12.4 Å². The van der Waals surface area contributed by atoms with E-state index in [1.807, 2.05) is 6.92 Å². The number of carbonyl (C=O) groups excluding carboxylic acids is 1. The van der Waals surface area contributed by atoms with Crippen LogP contribution < -0.4 is 11.1 Å². The number of aromatic nitrogens is 2. The van der Waals surface area contributed by atoms with E-state index in [1.165, 1.54) is 0 Å². The van der Waals surface area contributed by atoms with Crippen LogP contribution in [0.2, 0.25) is 0 Å². The fourth-order valence-electron chi connectivity index (χ4n) is 1.45. The molecule has 6 nitrogen and oxygen atoms in total. The van der Waals surface area contributed by atoms with Crippen LogP contribution in [-0.4, -0.2) is 34.4 Å². The van der Waals surface area contributed by atoms with Gasteiger partial charge in [-0.25, -0.2) is 0 Å². The van der Waals surface area contributed by atoms with Crippen molar-refractivity contribution < 1.29 is 9.53 Å². The summed E-state index contributed by atoms with van der Waals surface area (Å²) >= 11 is 4.96. The maximum atomic E-state index is 12.2. The third-order valence-corrected chi connectivity index (χ3v) is 3.62. The Morgan fingerprint density at radius 1 is 1.68 bits per heavy atom. The number of rotatable bonds is 7. The zero-order valence-electron chi connectivity index (χ0n) is 11.5. The molecular weight excluding hydrogens is 264 g/mol. The lowest BCUT2D eigenvalue weighted by atomic mass is 9.86. The summed E-state index contributed by atoms with van der Waals surface area (Å²) in [6, 6.07) is 0. The van der Waals surface area contributed by atoms with Crippen LogP contribution in [0, 0.1) is 5.41 Å². The Hall–Kier alpha value is -1.47. The Balaban J connectivity index is 2.71. The highest BCUT2D eigenvalue weighted by Crippen LogP contribution is 2.23. The Labute approximate surface area is 118 Å². The van der Waals surface area contributed by atoms with Crippen LogP contribution in [0.5, 0.6) is 0 Å². The zero-order chi connectivity index (χ0) is 14.5. The molecule has 0 aliphatic heterocycles. The van der Waals surface area contributed by atoms with Crippen molar-refractivity contribution in [2.24, 2.45) is 11.1 Å². The lowest BCUT2D eigenvalue weighted by molar-refractivity contribution is -0.121. The number of nitrogens with one attached hydrogen (secondary N) is 1. The molecule has 0 radical (unpaired) electrons. The van der Waals surface area contributed by atoms with E-state index in [2.05, 4.69) is 10.4 Å². The largest absolute Gasteiger partial charge is 0.392 e. The van der Waals surface area contributed by atoms with Crippen LogP contribution in [-0.2, 0) is 16.1 Å². The average molecular weight is 284 g/mol. The summed E-state index contributed by atoms with van der Waals surface area (Å²) in [4.78, 5) is 12.4. The van der Waals surface area contributed by atoms with Gasteiger partial charge in [0.2, 0.25) is 5.91 Å². The topological polar surface area (TPSA) is 82.2 Å². The second-order valence-corrected chi connectivity index (χ2v) is 4.93. The van der Waals surface area contributed by atoms with Gasteiger partial charge in [-0.1, -0.05) is 19.1 Å². The molecule has 1 atom stereocenters. The number of nitrogens with zero attached hydrogens (tertiary/aromatic N) is 2. The van der Waals surface area contributed by atoms with Crippen molar-refractivity contribution in [2.75, 3.05) is 19.0 Å². The molecule has 19 heavy (non-hydrogen) atoms. The van der Waals surface area contributed by atoms with Crippen molar-refractivity contribution in [2.45, 2.75) is 26.8 Å². The van der Waals surface area contributed by atoms with Gasteiger partial charge in [0.25, 0.3) is 0 Å². The number of nitrogens with two attached hydrogens (primary N) is 1. The van der Waals surface area contributed by atoms with E-state index in [1.54, 1.807) is 31.1 Å². The molecule has 0 bridgehead atoms. The summed E-state index contributed by atoms with van der Waals surface area (Å²) in [7, 11) is 1.63.